The molecule has 2 aliphatic heterocycles. The van der Waals surface area contributed by atoms with Crippen LogP contribution in [0.2, 0.25) is 0 Å². The maximum absolute atomic E-state index is 11.8. The highest BCUT2D eigenvalue weighted by molar-refractivity contribution is 5.76. The number of ether oxygens (including phenoxy) is 2. The Morgan fingerprint density at radius 2 is 2.28 bits per heavy atom. The highest BCUT2D eigenvalue weighted by Crippen LogP contribution is 2.40. The van der Waals surface area contributed by atoms with Crippen molar-refractivity contribution in [2.24, 2.45) is 5.41 Å². The van der Waals surface area contributed by atoms with Gasteiger partial charge in [-0.05, 0) is 38.3 Å². The Balaban J connectivity index is 1.62. The highest BCUT2D eigenvalue weighted by atomic mass is 16.5. The van der Waals surface area contributed by atoms with Crippen LogP contribution in [0.5, 0.6) is 0 Å². The van der Waals surface area contributed by atoms with Crippen LogP contribution in [0, 0.1) is 12.3 Å². The molecule has 25 heavy (non-hydrogen) atoms. The van der Waals surface area contributed by atoms with Crippen LogP contribution in [-0.2, 0) is 20.8 Å². The van der Waals surface area contributed by atoms with Gasteiger partial charge in [0.2, 0.25) is 5.91 Å². The van der Waals surface area contributed by atoms with Crippen LogP contribution in [0.15, 0.2) is 16.5 Å². The number of piperidine rings is 1. The smallest absolute Gasteiger partial charge is 0.248 e. The molecule has 1 aromatic heterocycles. The van der Waals surface area contributed by atoms with Crippen molar-refractivity contribution in [2.45, 2.75) is 38.8 Å². The largest absolute Gasteiger partial charge is 0.465 e. The van der Waals surface area contributed by atoms with Crippen LogP contribution in [-0.4, -0.2) is 68.8 Å². The molecule has 1 aromatic rings. The maximum atomic E-state index is 11.8. The van der Waals surface area contributed by atoms with E-state index in [9.17, 15) is 4.79 Å². The third-order valence-electron chi connectivity index (χ3n) is 5.36. The number of hydrogen-bond acceptors (Lipinski definition) is 5. The van der Waals surface area contributed by atoms with Crippen LogP contribution >= 0.6 is 0 Å². The Bertz CT molecular complexity index is 586. The molecule has 0 aliphatic carbocycles. The van der Waals surface area contributed by atoms with E-state index in [2.05, 4.69) is 11.0 Å². The van der Waals surface area contributed by atoms with Gasteiger partial charge in [0.25, 0.3) is 0 Å². The van der Waals surface area contributed by atoms with Crippen molar-refractivity contribution >= 4 is 5.91 Å². The lowest BCUT2D eigenvalue weighted by Crippen LogP contribution is -2.56. The van der Waals surface area contributed by atoms with Crippen molar-refractivity contribution in [1.82, 2.24) is 9.80 Å². The summed E-state index contributed by atoms with van der Waals surface area (Å²) in [5.41, 5.74) is -0.0231. The van der Waals surface area contributed by atoms with E-state index >= 15 is 0 Å². The first kappa shape index (κ1) is 18.4. The summed E-state index contributed by atoms with van der Waals surface area (Å²) in [6.45, 7) is 6.27. The Hall–Kier alpha value is -1.37. The van der Waals surface area contributed by atoms with Gasteiger partial charge in [-0.25, -0.2) is 0 Å². The molecule has 2 saturated heterocycles. The highest BCUT2D eigenvalue weighted by Gasteiger charge is 2.46. The minimum Gasteiger partial charge on any atom is -0.465 e. The SMILES string of the molecule is Cc1ccc(CN2CC[C@H]3OCCC[C@]3(COCC(=O)N(C)C)C2)o1. The van der Waals surface area contributed by atoms with Crippen molar-refractivity contribution in [2.75, 3.05) is 47.0 Å². The number of hydrogen-bond donors (Lipinski definition) is 0. The molecule has 3 heterocycles. The van der Waals surface area contributed by atoms with E-state index in [1.807, 2.05) is 13.0 Å². The predicted octanol–water partition coefficient (Wildman–Crippen LogP) is 2.06. The number of likely N-dealkylation sites (N-methyl/N-ethyl adjacent to an activating group) is 1. The van der Waals surface area contributed by atoms with Crippen LogP contribution in [0.1, 0.15) is 30.8 Å². The normalized spacial score (nSPS) is 27.1. The topological polar surface area (TPSA) is 55.2 Å². The number of nitrogens with zero attached hydrogens (tertiary/aromatic N) is 2. The molecule has 6 heteroatoms. The lowest BCUT2D eigenvalue weighted by Gasteiger charge is -2.50. The van der Waals surface area contributed by atoms with E-state index in [0.29, 0.717) is 6.61 Å². The molecule has 6 nitrogen and oxygen atoms in total. The van der Waals surface area contributed by atoms with Gasteiger partial charge in [-0.1, -0.05) is 0 Å². The molecule has 3 rings (SSSR count). The standard InChI is InChI=1S/C19H30N2O4/c1-15-5-6-16(25-15)11-21-9-7-17-19(13-21,8-4-10-24-17)14-23-12-18(22)20(2)3/h5-6,17H,4,7-14H2,1-3H3/t17-,19-/m1/s1. The summed E-state index contributed by atoms with van der Waals surface area (Å²) in [5, 5.41) is 0. The molecule has 140 valence electrons. The van der Waals surface area contributed by atoms with Crippen molar-refractivity contribution in [1.29, 1.82) is 0 Å². The van der Waals surface area contributed by atoms with Crippen molar-refractivity contribution in [3.63, 3.8) is 0 Å². The van der Waals surface area contributed by atoms with E-state index < -0.39 is 0 Å². The van der Waals surface area contributed by atoms with Crippen LogP contribution in [0.25, 0.3) is 0 Å². The summed E-state index contributed by atoms with van der Waals surface area (Å²) < 4.78 is 17.6. The minimum absolute atomic E-state index is 0.00315. The van der Waals surface area contributed by atoms with Gasteiger partial charge >= 0.3 is 0 Å². The van der Waals surface area contributed by atoms with Gasteiger partial charge in [-0.2, -0.15) is 0 Å². The summed E-state index contributed by atoms with van der Waals surface area (Å²) in [6, 6.07) is 4.06. The first-order valence-corrected chi connectivity index (χ1v) is 9.16. The zero-order valence-corrected chi connectivity index (χ0v) is 15.6. The summed E-state index contributed by atoms with van der Waals surface area (Å²) in [5.74, 6) is 1.96. The van der Waals surface area contributed by atoms with Crippen molar-refractivity contribution < 1.29 is 18.7 Å². The molecule has 0 aromatic carbocycles. The van der Waals surface area contributed by atoms with E-state index in [1.165, 1.54) is 0 Å². The number of fused-ring (bicyclic) bond motifs is 1. The Kier molecular flexibility index (Phi) is 5.81. The molecule has 1 amide bonds. The van der Waals surface area contributed by atoms with E-state index in [4.69, 9.17) is 13.9 Å². The Morgan fingerprint density at radius 3 is 3.00 bits per heavy atom. The molecule has 0 radical (unpaired) electrons. The molecule has 0 bridgehead atoms. The fourth-order valence-corrected chi connectivity index (χ4v) is 3.99. The van der Waals surface area contributed by atoms with Crippen LogP contribution in [0.3, 0.4) is 0 Å². The second-order valence-electron chi connectivity index (χ2n) is 7.62. The van der Waals surface area contributed by atoms with Gasteiger partial charge in [0.1, 0.15) is 18.1 Å². The van der Waals surface area contributed by atoms with Crippen LogP contribution < -0.4 is 0 Å². The van der Waals surface area contributed by atoms with E-state index in [0.717, 1.165) is 57.0 Å². The quantitative estimate of drug-likeness (QED) is 0.786. The fraction of sp³-hybridized carbons (Fsp3) is 0.737. The van der Waals surface area contributed by atoms with Gasteiger partial charge < -0.3 is 18.8 Å². The van der Waals surface area contributed by atoms with Gasteiger partial charge in [0, 0.05) is 39.2 Å². The summed E-state index contributed by atoms with van der Waals surface area (Å²) in [6.07, 6.45) is 3.37. The molecule has 2 atom stereocenters. The number of carbonyl (C=O) groups is 1. The summed E-state index contributed by atoms with van der Waals surface area (Å²) >= 11 is 0. The lowest BCUT2D eigenvalue weighted by atomic mass is 9.73. The van der Waals surface area contributed by atoms with Crippen molar-refractivity contribution in [3.8, 4) is 0 Å². The molecule has 0 N–H and O–H groups in total. The number of likely N-dealkylation sites (tertiary alicyclic amines) is 1. The summed E-state index contributed by atoms with van der Waals surface area (Å²) in [4.78, 5) is 15.8. The fourth-order valence-electron chi connectivity index (χ4n) is 3.99. The second kappa shape index (κ2) is 7.89. The number of amides is 1. The lowest BCUT2D eigenvalue weighted by molar-refractivity contribution is -0.160. The Labute approximate surface area is 150 Å². The minimum atomic E-state index is -0.0231. The molecule has 2 fully saturated rings. The average Bonchev–Trinajstić information content (AvgIpc) is 2.99. The predicted molar refractivity (Wildman–Crippen MR) is 94.3 cm³/mol. The molecular weight excluding hydrogens is 320 g/mol. The second-order valence-corrected chi connectivity index (χ2v) is 7.62. The first-order valence-electron chi connectivity index (χ1n) is 9.16. The van der Waals surface area contributed by atoms with Crippen LogP contribution in [0.4, 0.5) is 0 Å². The third-order valence-corrected chi connectivity index (χ3v) is 5.36. The summed E-state index contributed by atoms with van der Waals surface area (Å²) in [7, 11) is 3.51. The van der Waals surface area contributed by atoms with Gasteiger partial charge in [0.05, 0.1) is 19.3 Å². The zero-order chi connectivity index (χ0) is 17.9. The zero-order valence-electron chi connectivity index (χ0n) is 15.6. The maximum Gasteiger partial charge on any atom is 0.248 e. The molecule has 2 aliphatic rings. The van der Waals surface area contributed by atoms with Gasteiger partial charge in [-0.15, -0.1) is 0 Å². The average molecular weight is 350 g/mol. The first-order chi connectivity index (χ1) is 12.0. The molecular formula is C19H30N2O4. The number of carbonyl (C=O) groups excluding carboxylic acids is 1. The number of furan rings is 1. The molecule has 0 unspecified atom stereocenters. The van der Waals surface area contributed by atoms with Crippen molar-refractivity contribution in [3.05, 3.63) is 23.7 Å². The molecule has 0 saturated carbocycles. The monoisotopic (exact) mass is 350 g/mol. The number of aryl methyl sites for hydroxylation is 1. The number of rotatable bonds is 6. The molecule has 0 spiro atoms. The Morgan fingerprint density at radius 1 is 1.44 bits per heavy atom. The van der Waals surface area contributed by atoms with Gasteiger partial charge in [0.15, 0.2) is 0 Å². The van der Waals surface area contributed by atoms with E-state index in [-0.39, 0.29) is 24.0 Å². The third kappa shape index (κ3) is 4.43. The van der Waals surface area contributed by atoms with Gasteiger partial charge in [-0.3, -0.25) is 9.69 Å². The van der Waals surface area contributed by atoms with E-state index in [1.54, 1.807) is 19.0 Å².